The average Bonchev–Trinajstić information content (AvgIpc) is 2.62. The van der Waals surface area contributed by atoms with E-state index >= 15 is 0 Å². The Balaban J connectivity index is 1.66. The Bertz CT molecular complexity index is 720. The van der Waals surface area contributed by atoms with Gasteiger partial charge in [-0.25, -0.2) is 9.97 Å². The number of amides is 1. The predicted molar refractivity (Wildman–Crippen MR) is 88.7 cm³/mol. The SMILES string of the molecule is COc1cccc(CC(=O)N2CCO[C@@H](c3ccnc(C)n3)C2)c1. The lowest BCUT2D eigenvalue weighted by Crippen LogP contribution is -2.43. The maximum absolute atomic E-state index is 12.6. The molecule has 1 aromatic heterocycles. The normalized spacial score (nSPS) is 17.6. The zero-order valence-electron chi connectivity index (χ0n) is 13.9. The van der Waals surface area contributed by atoms with Crippen molar-refractivity contribution in [2.75, 3.05) is 26.8 Å². The Hall–Kier alpha value is -2.47. The summed E-state index contributed by atoms with van der Waals surface area (Å²) in [5, 5.41) is 0. The Labute approximate surface area is 141 Å². The molecule has 0 aliphatic carbocycles. The van der Waals surface area contributed by atoms with Gasteiger partial charge < -0.3 is 14.4 Å². The zero-order valence-corrected chi connectivity index (χ0v) is 13.9. The van der Waals surface area contributed by atoms with Crippen LogP contribution in [0.1, 0.15) is 23.2 Å². The fraction of sp³-hybridized carbons (Fsp3) is 0.389. The molecule has 0 saturated carbocycles. The molecule has 1 amide bonds. The fourth-order valence-electron chi connectivity index (χ4n) is 2.78. The van der Waals surface area contributed by atoms with Crippen molar-refractivity contribution in [3.05, 3.63) is 53.6 Å². The highest BCUT2D eigenvalue weighted by Crippen LogP contribution is 2.21. The zero-order chi connectivity index (χ0) is 16.9. The highest BCUT2D eigenvalue weighted by atomic mass is 16.5. The summed E-state index contributed by atoms with van der Waals surface area (Å²) in [5.41, 5.74) is 1.77. The molecule has 3 rings (SSSR count). The molecule has 1 aliphatic rings. The summed E-state index contributed by atoms with van der Waals surface area (Å²) in [5.74, 6) is 1.55. The number of ether oxygens (including phenoxy) is 2. The minimum Gasteiger partial charge on any atom is -0.497 e. The second kappa shape index (κ2) is 7.40. The standard InChI is InChI=1S/C18H21N3O3/c1-13-19-7-6-16(20-13)17-12-21(8-9-24-17)18(22)11-14-4-3-5-15(10-14)23-2/h3-7,10,17H,8-9,11-12H2,1-2H3/t17-/m1/s1. The van der Waals surface area contributed by atoms with Crippen LogP contribution in [0, 0.1) is 6.92 Å². The monoisotopic (exact) mass is 327 g/mol. The van der Waals surface area contributed by atoms with Crippen LogP contribution in [0.2, 0.25) is 0 Å². The van der Waals surface area contributed by atoms with Crippen molar-refractivity contribution in [1.82, 2.24) is 14.9 Å². The molecule has 1 saturated heterocycles. The van der Waals surface area contributed by atoms with Gasteiger partial charge in [-0.15, -0.1) is 0 Å². The van der Waals surface area contributed by atoms with E-state index in [-0.39, 0.29) is 12.0 Å². The number of methoxy groups -OCH3 is 1. The molecule has 0 unspecified atom stereocenters. The molecule has 24 heavy (non-hydrogen) atoms. The molecule has 6 heteroatoms. The second-order valence-corrected chi connectivity index (χ2v) is 5.76. The van der Waals surface area contributed by atoms with E-state index in [1.165, 1.54) is 0 Å². The van der Waals surface area contributed by atoms with Gasteiger partial charge in [-0.05, 0) is 30.7 Å². The summed E-state index contributed by atoms with van der Waals surface area (Å²) >= 11 is 0. The first kappa shape index (κ1) is 16.4. The van der Waals surface area contributed by atoms with Gasteiger partial charge in [0.2, 0.25) is 5.91 Å². The van der Waals surface area contributed by atoms with E-state index in [1.54, 1.807) is 13.3 Å². The van der Waals surface area contributed by atoms with Crippen LogP contribution in [0.25, 0.3) is 0 Å². The number of hydrogen-bond acceptors (Lipinski definition) is 5. The second-order valence-electron chi connectivity index (χ2n) is 5.76. The van der Waals surface area contributed by atoms with Crippen LogP contribution in [0.15, 0.2) is 36.5 Å². The van der Waals surface area contributed by atoms with E-state index in [0.717, 1.165) is 17.0 Å². The smallest absolute Gasteiger partial charge is 0.227 e. The number of carbonyl (C=O) groups is 1. The van der Waals surface area contributed by atoms with Crippen molar-refractivity contribution in [3.63, 3.8) is 0 Å². The first-order chi connectivity index (χ1) is 11.7. The summed E-state index contributed by atoms with van der Waals surface area (Å²) < 4.78 is 11.0. The molecular weight excluding hydrogens is 306 g/mol. The predicted octanol–water partition coefficient (Wildman–Crippen LogP) is 1.94. The number of carbonyl (C=O) groups excluding carboxylic acids is 1. The summed E-state index contributed by atoms with van der Waals surface area (Å²) in [6.45, 7) is 3.47. The van der Waals surface area contributed by atoms with E-state index in [1.807, 2.05) is 42.2 Å². The van der Waals surface area contributed by atoms with E-state index < -0.39 is 0 Å². The number of morpholine rings is 1. The van der Waals surface area contributed by atoms with E-state index in [4.69, 9.17) is 9.47 Å². The van der Waals surface area contributed by atoms with Gasteiger partial charge in [0.1, 0.15) is 17.7 Å². The molecule has 0 bridgehead atoms. The average molecular weight is 327 g/mol. The third-order valence-corrected chi connectivity index (χ3v) is 4.04. The molecule has 0 spiro atoms. The van der Waals surface area contributed by atoms with Crippen LogP contribution in [0.5, 0.6) is 5.75 Å². The van der Waals surface area contributed by atoms with Crippen LogP contribution in [0.3, 0.4) is 0 Å². The van der Waals surface area contributed by atoms with Gasteiger partial charge in [-0.2, -0.15) is 0 Å². The van der Waals surface area contributed by atoms with E-state index in [9.17, 15) is 4.79 Å². The van der Waals surface area contributed by atoms with Gasteiger partial charge in [0.05, 0.1) is 32.4 Å². The van der Waals surface area contributed by atoms with Crippen molar-refractivity contribution >= 4 is 5.91 Å². The topological polar surface area (TPSA) is 64.5 Å². The largest absolute Gasteiger partial charge is 0.497 e. The lowest BCUT2D eigenvalue weighted by Gasteiger charge is -2.32. The maximum atomic E-state index is 12.6. The molecule has 126 valence electrons. The molecule has 1 aromatic carbocycles. The Morgan fingerprint density at radius 1 is 1.42 bits per heavy atom. The first-order valence-electron chi connectivity index (χ1n) is 7.97. The van der Waals surface area contributed by atoms with Crippen LogP contribution in [0.4, 0.5) is 0 Å². The summed E-state index contributed by atoms with van der Waals surface area (Å²) in [6.07, 6.45) is 1.87. The minimum atomic E-state index is -0.199. The lowest BCUT2D eigenvalue weighted by molar-refractivity contribution is -0.138. The van der Waals surface area contributed by atoms with Crippen molar-refractivity contribution in [2.45, 2.75) is 19.4 Å². The van der Waals surface area contributed by atoms with Crippen molar-refractivity contribution in [1.29, 1.82) is 0 Å². The molecule has 0 radical (unpaired) electrons. The highest BCUT2D eigenvalue weighted by molar-refractivity contribution is 5.79. The van der Waals surface area contributed by atoms with Crippen molar-refractivity contribution in [3.8, 4) is 5.75 Å². The number of aryl methyl sites for hydroxylation is 1. The number of nitrogens with zero attached hydrogens (tertiary/aromatic N) is 3. The molecule has 1 aliphatic heterocycles. The molecule has 6 nitrogen and oxygen atoms in total. The van der Waals surface area contributed by atoms with Gasteiger partial charge in [0, 0.05) is 12.7 Å². The van der Waals surface area contributed by atoms with Gasteiger partial charge in [-0.1, -0.05) is 12.1 Å². The molecule has 2 aromatic rings. The van der Waals surface area contributed by atoms with E-state index in [0.29, 0.717) is 31.9 Å². The van der Waals surface area contributed by atoms with Crippen LogP contribution < -0.4 is 4.74 Å². The van der Waals surface area contributed by atoms with Crippen LogP contribution in [-0.4, -0.2) is 47.6 Å². The summed E-state index contributed by atoms with van der Waals surface area (Å²) in [6, 6.07) is 9.44. The molecule has 2 heterocycles. The number of aromatic nitrogens is 2. The van der Waals surface area contributed by atoms with Gasteiger partial charge in [0.25, 0.3) is 0 Å². The molecule has 0 N–H and O–H groups in total. The maximum Gasteiger partial charge on any atom is 0.227 e. The lowest BCUT2D eigenvalue weighted by atomic mass is 10.1. The third kappa shape index (κ3) is 3.89. The number of benzene rings is 1. The minimum absolute atomic E-state index is 0.0855. The Morgan fingerprint density at radius 3 is 3.08 bits per heavy atom. The van der Waals surface area contributed by atoms with E-state index in [2.05, 4.69) is 9.97 Å². The first-order valence-corrected chi connectivity index (χ1v) is 7.97. The van der Waals surface area contributed by atoms with Gasteiger partial charge in [-0.3, -0.25) is 4.79 Å². The Morgan fingerprint density at radius 2 is 2.29 bits per heavy atom. The van der Waals surface area contributed by atoms with Crippen LogP contribution in [-0.2, 0) is 16.0 Å². The molecular formula is C18H21N3O3. The number of rotatable bonds is 4. The third-order valence-electron chi connectivity index (χ3n) is 4.04. The molecule has 1 fully saturated rings. The Kier molecular flexibility index (Phi) is 5.05. The van der Waals surface area contributed by atoms with Gasteiger partial charge >= 0.3 is 0 Å². The van der Waals surface area contributed by atoms with Gasteiger partial charge in [0.15, 0.2) is 0 Å². The quantitative estimate of drug-likeness (QED) is 0.858. The highest BCUT2D eigenvalue weighted by Gasteiger charge is 2.26. The fourth-order valence-corrected chi connectivity index (χ4v) is 2.78. The summed E-state index contributed by atoms with van der Waals surface area (Å²) in [4.78, 5) is 23.0. The molecule has 1 atom stereocenters. The van der Waals surface area contributed by atoms with Crippen molar-refractivity contribution in [2.24, 2.45) is 0 Å². The number of hydrogen-bond donors (Lipinski definition) is 0. The summed E-state index contributed by atoms with van der Waals surface area (Å²) in [7, 11) is 1.62. The van der Waals surface area contributed by atoms with Crippen LogP contribution >= 0.6 is 0 Å². The van der Waals surface area contributed by atoms with Crippen molar-refractivity contribution < 1.29 is 14.3 Å².